The molecular formula is C36H44N2O6. The van der Waals surface area contributed by atoms with E-state index < -0.39 is 12.3 Å². The van der Waals surface area contributed by atoms with Gasteiger partial charge in [-0.3, -0.25) is 9.59 Å². The molecule has 8 nitrogen and oxygen atoms in total. The van der Waals surface area contributed by atoms with Crippen molar-refractivity contribution in [3.63, 3.8) is 0 Å². The van der Waals surface area contributed by atoms with Gasteiger partial charge in [-0.2, -0.15) is 0 Å². The first kappa shape index (κ1) is 33.1. The Morgan fingerprint density at radius 2 is 1.66 bits per heavy atom. The molecule has 234 valence electrons. The molecule has 3 atom stereocenters. The summed E-state index contributed by atoms with van der Waals surface area (Å²) in [5, 5.41) is 21.2. The second kappa shape index (κ2) is 16.9. The van der Waals surface area contributed by atoms with Gasteiger partial charge in [0.05, 0.1) is 18.8 Å². The molecule has 1 fully saturated rings. The van der Waals surface area contributed by atoms with E-state index in [2.05, 4.69) is 36.0 Å². The van der Waals surface area contributed by atoms with Crippen LogP contribution in [0.5, 0.6) is 0 Å². The molecule has 1 aliphatic rings. The van der Waals surface area contributed by atoms with E-state index in [4.69, 9.17) is 14.6 Å². The molecule has 1 heterocycles. The van der Waals surface area contributed by atoms with E-state index >= 15 is 0 Å². The van der Waals surface area contributed by atoms with E-state index in [-0.39, 0.29) is 31.1 Å². The van der Waals surface area contributed by atoms with Gasteiger partial charge in [-0.05, 0) is 47.7 Å². The fraction of sp³-hybridized carbons (Fsp3) is 0.389. The topological polar surface area (TPSA) is 108 Å². The Hall–Kier alpha value is -3.82. The molecule has 3 aromatic carbocycles. The van der Waals surface area contributed by atoms with Crippen molar-refractivity contribution in [2.45, 2.75) is 70.2 Å². The summed E-state index contributed by atoms with van der Waals surface area (Å²) in [5.74, 6) is -0.839. The zero-order valence-corrected chi connectivity index (χ0v) is 25.5. The number of carbonyl (C=O) groups excluding carboxylic acids is 1. The highest BCUT2D eigenvalue weighted by Gasteiger charge is 2.32. The highest BCUT2D eigenvalue weighted by molar-refractivity contribution is 5.76. The molecule has 1 aliphatic heterocycles. The molecule has 0 spiro atoms. The van der Waals surface area contributed by atoms with Gasteiger partial charge in [0.2, 0.25) is 5.91 Å². The zero-order valence-electron chi connectivity index (χ0n) is 25.5. The van der Waals surface area contributed by atoms with Crippen molar-refractivity contribution in [1.82, 2.24) is 10.2 Å². The molecule has 3 aromatic rings. The predicted octanol–water partition coefficient (Wildman–Crippen LogP) is 6.16. The number of hydrogen-bond donors (Lipinski definition) is 3. The van der Waals surface area contributed by atoms with Crippen molar-refractivity contribution in [2.24, 2.45) is 0 Å². The Balaban J connectivity index is 1.43. The highest BCUT2D eigenvalue weighted by Crippen LogP contribution is 2.38. The number of likely N-dealkylation sites (N-methyl/N-ethyl adjacent to an activating group) is 1. The Bertz CT molecular complexity index is 1360. The SMILES string of the molecule is C=CCN(C)CC1CC(c2ccc(CO)cc2)OC(c2ccc(-c3ccccc3CNC(=O)CCCCCC(=O)O)cc2)O1. The van der Waals surface area contributed by atoms with Gasteiger partial charge in [0.1, 0.15) is 0 Å². The lowest BCUT2D eigenvalue weighted by Crippen LogP contribution is -2.37. The third-order valence-corrected chi connectivity index (χ3v) is 7.85. The largest absolute Gasteiger partial charge is 0.481 e. The monoisotopic (exact) mass is 600 g/mol. The van der Waals surface area contributed by atoms with Crippen molar-refractivity contribution in [1.29, 1.82) is 0 Å². The number of rotatable bonds is 16. The van der Waals surface area contributed by atoms with E-state index in [1.165, 1.54) is 0 Å². The minimum atomic E-state index is -0.802. The third kappa shape index (κ3) is 9.86. The van der Waals surface area contributed by atoms with Gasteiger partial charge in [0.15, 0.2) is 6.29 Å². The molecule has 4 rings (SSSR count). The van der Waals surface area contributed by atoms with Gasteiger partial charge < -0.3 is 29.9 Å². The summed E-state index contributed by atoms with van der Waals surface area (Å²) in [6.45, 7) is 5.78. The molecular weight excluding hydrogens is 556 g/mol. The lowest BCUT2D eigenvalue weighted by molar-refractivity contribution is -0.252. The van der Waals surface area contributed by atoms with Crippen LogP contribution in [0.1, 0.15) is 73.2 Å². The van der Waals surface area contributed by atoms with E-state index in [1.54, 1.807) is 0 Å². The van der Waals surface area contributed by atoms with Gasteiger partial charge >= 0.3 is 5.97 Å². The number of nitrogens with one attached hydrogen (secondary N) is 1. The van der Waals surface area contributed by atoms with E-state index in [9.17, 15) is 14.7 Å². The first-order valence-corrected chi connectivity index (χ1v) is 15.3. The van der Waals surface area contributed by atoms with Crippen LogP contribution in [0.15, 0.2) is 85.5 Å². The standard InChI is InChI=1S/C36H44N2O6/c1-3-21-38(2)24-31-22-33(28-15-13-26(25-39)14-16-28)44-36(43-31)29-19-17-27(18-20-29)32-10-8-7-9-30(32)23-37-34(40)11-5-4-6-12-35(41)42/h3,7-10,13-20,31,33,36,39H,1,4-6,11-12,21-25H2,2H3,(H,37,40)(H,41,42). The molecule has 0 radical (unpaired) electrons. The van der Waals surface area contributed by atoms with E-state index in [1.807, 2.05) is 66.7 Å². The number of amides is 1. The summed E-state index contributed by atoms with van der Waals surface area (Å²) < 4.78 is 13.0. The molecule has 3 N–H and O–H groups in total. The number of carbonyl (C=O) groups is 2. The van der Waals surface area contributed by atoms with Crippen LogP contribution in [-0.4, -0.2) is 53.2 Å². The van der Waals surface area contributed by atoms with Crippen LogP contribution >= 0.6 is 0 Å². The van der Waals surface area contributed by atoms with E-state index in [0.29, 0.717) is 25.8 Å². The van der Waals surface area contributed by atoms with Crippen LogP contribution in [0.3, 0.4) is 0 Å². The number of aliphatic hydroxyl groups is 1. The third-order valence-electron chi connectivity index (χ3n) is 7.85. The minimum Gasteiger partial charge on any atom is -0.481 e. The van der Waals surface area contributed by atoms with Crippen molar-refractivity contribution >= 4 is 11.9 Å². The molecule has 8 heteroatoms. The summed E-state index contributed by atoms with van der Waals surface area (Å²) in [4.78, 5) is 25.2. The molecule has 0 bridgehead atoms. The maximum Gasteiger partial charge on any atom is 0.303 e. The number of nitrogens with zero attached hydrogens (tertiary/aromatic N) is 1. The first-order valence-electron chi connectivity index (χ1n) is 15.3. The molecule has 0 aromatic heterocycles. The van der Waals surface area contributed by atoms with Gasteiger partial charge in [-0.25, -0.2) is 0 Å². The highest BCUT2D eigenvalue weighted by atomic mass is 16.7. The van der Waals surface area contributed by atoms with Gasteiger partial charge in [0, 0.05) is 44.5 Å². The number of benzene rings is 3. The lowest BCUT2D eigenvalue weighted by Gasteiger charge is -2.37. The maximum atomic E-state index is 12.4. The molecule has 0 saturated carbocycles. The fourth-order valence-corrected chi connectivity index (χ4v) is 5.47. The second-order valence-electron chi connectivity index (χ2n) is 11.4. The maximum absolute atomic E-state index is 12.4. The van der Waals surface area contributed by atoms with E-state index in [0.717, 1.165) is 59.3 Å². The smallest absolute Gasteiger partial charge is 0.303 e. The average molecular weight is 601 g/mol. The predicted molar refractivity (Wildman–Crippen MR) is 171 cm³/mol. The Morgan fingerprint density at radius 1 is 0.955 bits per heavy atom. The fourth-order valence-electron chi connectivity index (χ4n) is 5.47. The molecule has 44 heavy (non-hydrogen) atoms. The van der Waals surface area contributed by atoms with Crippen LogP contribution < -0.4 is 5.32 Å². The minimum absolute atomic E-state index is 0.00451. The molecule has 3 unspecified atom stereocenters. The Labute approximate surface area is 260 Å². The van der Waals surface area contributed by atoms with Crippen molar-refractivity contribution in [3.8, 4) is 11.1 Å². The number of carboxylic acid groups (broad SMARTS) is 1. The van der Waals surface area contributed by atoms with Crippen LogP contribution in [0.4, 0.5) is 0 Å². The number of hydrogen-bond acceptors (Lipinski definition) is 6. The van der Waals surface area contributed by atoms with Gasteiger partial charge in [0.25, 0.3) is 0 Å². The summed E-state index contributed by atoms with van der Waals surface area (Å²) >= 11 is 0. The average Bonchev–Trinajstić information content (AvgIpc) is 3.03. The molecule has 1 saturated heterocycles. The molecule has 0 aliphatic carbocycles. The Kier molecular flexibility index (Phi) is 12.7. The quantitative estimate of drug-likeness (QED) is 0.134. The van der Waals surface area contributed by atoms with Crippen LogP contribution in [0.2, 0.25) is 0 Å². The number of aliphatic carboxylic acids is 1. The normalized spacial score (nSPS) is 18.2. The van der Waals surface area contributed by atoms with Crippen LogP contribution in [-0.2, 0) is 32.2 Å². The second-order valence-corrected chi connectivity index (χ2v) is 11.4. The van der Waals surface area contributed by atoms with Gasteiger partial charge in [-0.15, -0.1) is 6.58 Å². The Morgan fingerprint density at radius 3 is 2.36 bits per heavy atom. The lowest BCUT2D eigenvalue weighted by atomic mass is 9.97. The number of ether oxygens (including phenoxy) is 2. The number of unbranched alkanes of at least 4 members (excludes halogenated alkanes) is 2. The van der Waals surface area contributed by atoms with Crippen LogP contribution in [0.25, 0.3) is 11.1 Å². The number of carboxylic acids is 1. The van der Waals surface area contributed by atoms with Crippen molar-refractivity contribution in [3.05, 3.63) is 108 Å². The van der Waals surface area contributed by atoms with Crippen molar-refractivity contribution < 1.29 is 29.3 Å². The van der Waals surface area contributed by atoms with Gasteiger partial charge in [-0.1, -0.05) is 85.3 Å². The first-order chi connectivity index (χ1) is 21.4. The summed E-state index contributed by atoms with van der Waals surface area (Å²) in [5.41, 5.74) is 5.93. The summed E-state index contributed by atoms with van der Waals surface area (Å²) in [6.07, 6.45) is 4.39. The van der Waals surface area contributed by atoms with Crippen LogP contribution in [0, 0.1) is 0 Å². The summed E-state index contributed by atoms with van der Waals surface area (Å²) in [7, 11) is 2.05. The summed E-state index contributed by atoms with van der Waals surface area (Å²) in [6, 6.07) is 24.1. The molecule has 1 amide bonds. The number of aliphatic hydroxyl groups excluding tert-OH is 1. The van der Waals surface area contributed by atoms with Crippen molar-refractivity contribution in [2.75, 3.05) is 20.1 Å². The zero-order chi connectivity index (χ0) is 31.3.